The molecule has 34 heavy (non-hydrogen) atoms. The van der Waals surface area contributed by atoms with Gasteiger partial charge in [-0.25, -0.2) is 0 Å². The molecule has 0 saturated carbocycles. The summed E-state index contributed by atoms with van der Waals surface area (Å²) in [7, 11) is 0. The van der Waals surface area contributed by atoms with E-state index in [4.69, 9.17) is 13.9 Å². The van der Waals surface area contributed by atoms with E-state index in [0.29, 0.717) is 0 Å². The van der Waals surface area contributed by atoms with Crippen LogP contribution in [0.1, 0.15) is 31.2 Å². The third-order valence-corrected chi connectivity index (χ3v) is 5.94. The zero-order valence-corrected chi connectivity index (χ0v) is 19.3. The van der Waals surface area contributed by atoms with Crippen molar-refractivity contribution in [1.29, 1.82) is 0 Å². The third-order valence-electron chi connectivity index (χ3n) is 5.94. The van der Waals surface area contributed by atoms with Crippen LogP contribution in [0, 0.1) is 0 Å². The molecule has 0 atom stereocenters. The number of aliphatic imine (C=N–C) groups is 1. The summed E-state index contributed by atoms with van der Waals surface area (Å²) in [5.74, 6) is 3.67. The molecule has 0 spiro atoms. The number of nitrogens with zero attached hydrogens (tertiary/aromatic N) is 1. The van der Waals surface area contributed by atoms with Crippen molar-refractivity contribution in [1.82, 2.24) is 5.32 Å². The SMILES string of the molecule is c1ccc2oc(-c3ccc(OCCCCCCOc4ccc(C5=NCCN5)cc4)cc3)cc2c1. The summed E-state index contributed by atoms with van der Waals surface area (Å²) >= 11 is 0. The quantitative estimate of drug-likeness (QED) is 0.264. The lowest BCUT2D eigenvalue weighted by atomic mass is 10.1. The number of unbranched alkanes of at least 4 members (excludes halogenated alkanes) is 3. The fraction of sp³-hybridized carbons (Fsp3) is 0.276. The van der Waals surface area contributed by atoms with E-state index >= 15 is 0 Å². The van der Waals surface area contributed by atoms with Crippen molar-refractivity contribution >= 4 is 16.8 Å². The average molecular weight is 455 g/mol. The predicted molar refractivity (Wildman–Crippen MR) is 137 cm³/mol. The number of hydrogen-bond acceptors (Lipinski definition) is 5. The largest absolute Gasteiger partial charge is 0.494 e. The normalized spacial score (nSPS) is 13.0. The number of hydrogen-bond donors (Lipinski definition) is 1. The summed E-state index contributed by atoms with van der Waals surface area (Å²) in [6.45, 7) is 3.25. The first-order chi connectivity index (χ1) is 16.8. The van der Waals surface area contributed by atoms with Crippen LogP contribution in [-0.2, 0) is 0 Å². The Morgan fingerprint density at radius 1 is 0.735 bits per heavy atom. The van der Waals surface area contributed by atoms with Crippen LogP contribution in [0.3, 0.4) is 0 Å². The first kappa shape index (κ1) is 22.1. The van der Waals surface area contributed by atoms with Crippen molar-refractivity contribution in [3.63, 3.8) is 0 Å². The van der Waals surface area contributed by atoms with E-state index in [9.17, 15) is 0 Å². The maximum atomic E-state index is 5.94. The molecule has 0 bridgehead atoms. The van der Waals surface area contributed by atoms with Crippen molar-refractivity contribution in [2.75, 3.05) is 26.3 Å². The molecule has 1 aromatic heterocycles. The Morgan fingerprint density at radius 2 is 1.38 bits per heavy atom. The van der Waals surface area contributed by atoms with Crippen molar-refractivity contribution in [2.24, 2.45) is 4.99 Å². The Morgan fingerprint density at radius 3 is 2.00 bits per heavy atom. The average Bonchev–Trinajstić information content (AvgIpc) is 3.57. The minimum absolute atomic E-state index is 0.726. The van der Waals surface area contributed by atoms with Crippen molar-refractivity contribution in [3.8, 4) is 22.8 Å². The van der Waals surface area contributed by atoms with Crippen LogP contribution in [0.25, 0.3) is 22.3 Å². The molecule has 0 radical (unpaired) electrons. The van der Waals surface area contributed by atoms with Gasteiger partial charge in [-0.15, -0.1) is 0 Å². The summed E-state index contributed by atoms with van der Waals surface area (Å²) in [6.07, 6.45) is 4.34. The van der Waals surface area contributed by atoms with Gasteiger partial charge in [-0.1, -0.05) is 18.2 Å². The minimum Gasteiger partial charge on any atom is -0.494 e. The van der Waals surface area contributed by atoms with Crippen LogP contribution in [0.4, 0.5) is 0 Å². The number of fused-ring (bicyclic) bond motifs is 1. The standard InChI is InChI=1S/C29H30N2O3/c1(2-6-20-33-26-15-11-23(12-16-26)29-30-17-18-31-29)5-19-32-25-13-9-22(10-14-25)28-21-24-7-3-4-8-27(24)34-28/h3-4,7-16,21H,1-2,5-6,17-20H2,(H,30,31). The van der Waals surface area contributed by atoms with Crippen LogP contribution in [0.2, 0.25) is 0 Å². The van der Waals surface area contributed by atoms with Crippen LogP contribution in [0.5, 0.6) is 11.5 Å². The highest BCUT2D eigenvalue weighted by Gasteiger charge is 2.08. The number of ether oxygens (including phenoxy) is 2. The highest BCUT2D eigenvalue weighted by Crippen LogP contribution is 2.29. The molecule has 1 N–H and O–H groups in total. The summed E-state index contributed by atoms with van der Waals surface area (Å²) in [5, 5.41) is 4.41. The van der Waals surface area contributed by atoms with Gasteiger partial charge >= 0.3 is 0 Å². The summed E-state index contributed by atoms with van der Waals surface area (Å²) in [6, 6.07) is 26.4. The molecule has 4 aromatic rings. The van der Waals surface area contributed by atoms with Crippen molar-refractivity contribution in [2.45, 2.75) is 25.7 Å². The Hall–Kier alpha value is -3.73. The van der Waals surface area contributed by atoms with Gasteiger partial charge in [0.05, 0.1) is 19.8 Å². The van der Waals surface area contributed by atoms with E-state index in [-0.39, 0.29) is 0 Å². The third kappa shape index (κ3) is 5.60. The number of amidine groups is 1. The van der Waals surface area contributed by atoms with Crippen LogP contribution >= 0.6 is 0 Å². The fourth-order valence-electron chi connectivity index (χ4n) is 4.08. The van der Waals surface area contributed by atoms with E-state index in [2.05, 4.69) is 46.7 Å². The molecule has 1 aliphatic rings. The van der Waals surface area contributed by atoms with Crippen molar-refractivity contribution < 1.29 is 13.9 Å². The second kappa shape index (κ2) is 10.9. The monoisotopic (exact) mass is 454 g/mol. The van der Waals surface area contributed by atoms with Crippen LogP contribution in [0.15, 0.2) is 88.3 Å². The van der Waals surface area contributed by atoms with Gasteiger partial charge in [0, 0.05) is 23.1 Å². The van der Waals surface area contributed by atoms with Gasteiger partial charge in [0.25, 0.3) is 0 Å². The van der Waals surface area contributed by atoms with Gasteiger partial charge in [-0.3, -0.25) is 4.99 Å². The van der Waals surface area contributed by atoms with Gasteiger partial charge in [0.1, 0.15) is 28.7 Å². The lowest BCUT2D eigenvalue weighted by Gasteiger charge is -2.08. The van der Waals surface area contributed by atoms with Gasteiger partial charge < -0.3 is 19.2 Å². The molecular weight excluding hydrogens is 424 g/mol. The van der Waals surface area contributed by atoms with Gasteiger partial charge in [0.2, 0.25) is 0 Å². The maximum absolute atomic E-state index is 5.94. The van der Waals surface area contributed by atoms with E-state index < -0.39 is 0 Å². The highest BCUT2D eigenvalue weighted by atomic mass is 16.5. The second-order valence-corrected chi connectivity index (χ2v) is 8.47. The molecular formula is C29H30N2O3. The van der Waals surface area contributed by atoms with Crippen LogP contribution < -0.4 is 14.8 Å². The molecule has 0 fully saturated rings. The number of benzene rings is 3. The Labute approximate surface area is 200 Å². The predicted octanol–water partition coefficient (Wildman–Crippen LogP) is 6.47. The first-order valence-electron chi connectivity index (χ1n) is 12.1. The van der Waals surface area contributed by atoms with Gasteiger partial charge in [0.15, 0.2) is 0 Å². The smallest absolute Gasteiger partial charge is 0.135 e. The highest BCUT2D eigenvalue weighted by molar-refractivity contribution is 5.99. The van der Waals surface area contributed by atoms with E-state index in [1.165, 1.54) is 0 Å². The molecule has 1 aliphatic heterocycles. The number of para-hydroxylation sites is 1. The molecule has 2 heterocycles. The number of furan rings is 1. The lowest BCUT2D eigenvalue weighted by Crippen LogP contribution is -2.19. The molecule has 5 rings (SSSR count). The second-order valence-electron chi connectivity index (χ2n) is 8.47. The minimum atomic E-state index is 0.726. The number of rotatable bonds is 11. The van der Waals surface area contributed by atoms with Gasteiger partial charge in [-0.05, 0) is 86.3 Å². The fourth-order valence-corrected chi connectivity index (χ4v) is 4.08. The Bertz CT molecular complexity index is 1190. The molecule has 0 unspecified atom stereocenters. The van der Waals surface area contributed by atoms with Crippen molar-refractivity contribution in [3.05, 3.63) is 84.4 Å². The first-order valence-corrected chi connectivity index (χ1v) is 12.1. The molecule has 0 saturated heterocycles. The molecule has 0 amide bonds. The Kier molecular flexibility index (Phi) is 7.10. The van der Waals surface area contributed by atoms with E-state index in [1.54, 1.807) is 0 Å². The summed E-state index contributed by atoms with van der Waals surface area (Å²) < 4.78 is 17.7. The summed E-state index contributed by atoms with van der Waals surface area (Å²) in [4.78, 5) is 4.44. The molecule has 174 valence electrons. The van der Waals surface area contributed by atoms with Crippen LogP contribution in [-0.4, -0.2) is 32.1 Å². The van der Waals surface area contributed by atoms with Gasteiger partial charge in [-0.2, -0.15) is 0 Å². The summed E-state index contributed by atoms with van der Waals surface area (Å²) in [5.41, 5.74) is 3.09. The number of nitrogens with one attached hydrogen (secondary N) is 1. The molecule has 3 aromatic carbocycles. The zero-order chi connectivity index (χ0) is 23.0. The zero-order valence-electron chi connectivity index (χ0n) is 19.3. The maximum Gasteiger partial charge on any atom is 0.135 e. The lowest BCUT2D eigenvalue weighted by molar-refractivity contribution is 0.287. The molecule has 0 aliphatic carbocycles. The van der Waals surface area contributed by atoms with E-state index in [0.717, 1.165) is 97.2 Å². The topological polar surface area (TPSA) is 56.0 Å². The molecule has 5 nitrogen and oxygen atoms in total. The Balaban J connectivity index is 0.963. The van der Waals surface area contributed by atoms with E-state index in [1.807, 2.05) is 42.5 Å². The molecule has 5 heteroatoms.